The first-order chi connectivity index (χ1) is 6.37. The van der Waals surface area contributed by atoms with Gasteiger partial charge in [0.05, 0.1) is 0 Å². The van der Waals surface area contributed by atoms with E-state index >= 15 is 0 Å². The van der Waals surface area contributed by atoms with E-state index in [2.05, 4.69) is 0 Å². The van der Waals surface area contributed by atoms with Gasteiger partial charge < -0.3 is 0 Å². The SMILES string of the molecule is Cc1cc(C)c[c]([Sn][CH2]C(F)(F)F)c1. The zero-order chi connectivity index (χ0) is 10.8. The van der Waals surface area contributed by atoms with Gasteiger partial charge in [0, 0.05) is 0 Å². The van der Waals surface area contributed by atoms with Crippen LogP contribution in [-0.4, -0.2) is 27.3 Å². The maximum absolute atomic E-state index is 12.0. The molecule has 4 heteroatoms. The molecule has 0 aromatic heterocycles. The van der Waals surface area contributed by atoms with Crippen molar-refractivity contribution in [3.8, 4) is 0 Å². The summed E-state index contributed by atoms with van der Waals surface area (Å²) in [5.74, 6) is 0. The van der Waals surface area contributed by atoms with Gasteiger partial charge in [0.25, 0.3) is 0 Å². The molecule has 0 fully saturated rings. The third-order valence-electron chi connectivity index (χ3n) is 1.71. The second kappa shape index (κ2) is 4.55. The normalized spacial score (nSPS) is 11.8. The number of hydrogen-bond donors (Lipinski definition) is 0. The first kappa shape index (κ1) is 11.9. The zero-order valence-corrected chi connectivity index (χ0v) is 10.9. The average Bonchev–Trinajstić information content (AvgIpc) is 1.97. The quantitative estimate of drug-likeness (QED) is 0.737. The molecular formula is C10H11F3Sn. The van der Waals surface area contributed by atoms with Gasteiger partial charge in [-0.05, 0) is 0 Å². The van der Waals surface area contributed by atoms with Crippen molar-refractivity contribution in [2.75, 3.05) is 0 Å². The Morgan fingerprint density at radius 2 is 1.57 bits per heavy atom. The summed E-state index contributed by atoms with van der Waals surface area (Å²) in [7, 11) is 0. The molecular weight excluding hydrogens is 296 g/mol. The van der Waals surface area contributed by atoms with Crippen LogP contribution in [0.15, 0.2) is 18.2 Å². The Balaban J connectivity index is 2.68. The van der Waals surface area contributed by atoms with Crippen LogP contribution in [0.25, 0.3) is 0 Å². The van der Waals surface area contributed by atoms with Crippen LogP contribution < -0.4 is 3.58 Å². The minimum absolute atomic E-state index is 0.570. The predicted molar refractivity (Wildman–Crippen MR) is 52.2 cm³/mol. The number of halogens is 3. The molecule has 14 heavy (non-hydrogen) atoms. The summed E-state index contributed by atoms with van der Waals surface area (Å²) < 4.78 is 36.3. The molecule has 2 radical (unpaired) electrons. The molecule has 0 aliphatic rings. The minimum atomic E-state index is -3.98. The Bertz CT molecular complexity index is 297. The van der Waals surface area contributed by atoms with Crippen LogP contribution in [0, 0.1) is 13.8 Å². The predicted octanol–water partition coefficient (Wildman–Crippen LogP) is 2.61. The molecule has 1 aromatic rings. The van der Waals surface area contributed by atoms with Crippen molar-refractivity contribution in [3.63, 3.8) is 0 Å². The molecule has 0 aliphatic carbocycles. The molecule has 0 aliphatic heterocycles. The van der Waals surface area contributed by atoms with Crippen molar-refractivity contribution in [3.05, 3.63) is 29.3 Å². The molecule has 0 heterocycles. The maximum atomic E-state index is 12.0. The Morgan fingerprint density at radius 3 is 2.00 bits per heavy atom. The van der Waals surface area contributed by atoms with Crippen molar-refractivity contribution in [2.45, 2.75) is 24.5 Å². The van der Waals surface area contributed by atoms with E-state index in [1.807, 2.05) is 32.0 Å². The second-order valence-electron chi connectivity index (χ2n) is 3.35. The van der Waals surface area contributed by atoms with Crippen molar-refractivity contribution in [1.29, 1.82) is 0 Å². The van der Waals surface area contributed by atoms with E-state index in [1.165, 1.54) is 0 Å². The summed E-state index contributed by atoms with van der Waals surface area (Å²) in [4.78, 5) is 0. The van der Waals surface area contributed by atoms with Gasteiger partial charge in [0.2, 0.25) is 0 Å². The molecule has 0 nitrogen and oxygen atoms in total. The number of alkyl halides is 3. The summed E-state index contributed by atoms with van der Waals surface area (Å²) in [5.41, 5.74) is 2.12. The van der Waals surface area contributed by atoms with Gasteiger partial charge in [0.15, 0.2) is 0 Å². The summed E-state index contributed by atoms with van der Waals surface area (Å²) in [5, 5.41) is 0. The van der Waals surface area contributed by atoms with E-state index in [0.717, 1.165) is 14.7 Å². The fourth-order valence-corrected chi connectivity index (χ4v) is 4.32. The van der Waals surface area contributed by atoms with Crippen LogP contribution in [-0.2, 0) is 0 Å². The fourth-order valence-electron chi connectivity index (χ4n) is 1.28. The van der Waals surface area contributed by atoms with Gasteiger partial charge >= 0.3 is 91.7 Å². The summed E-state index contributed by atoms with van der Waals surface area (Å²) in [6.07, 6.45) is -3.98. The Hall–Kier alpha value is -0.191. The van der Waals surface area contributed by atoms with Crippen molar-refractivity contribution in [2.24, 2.45) is 0 Å². The van der Waals surface area contributed by atoms with Crippen LogP contribution in [0.4, 0.5) is 13.2 Å². The zero-order valence-electron chi connectivity index (χ0n) is 8.07. The molecule has 1 rings (SSSR count). The topological polar surface area (TPSA) is 0 Å². The van der Waals surface area contributed by atoms with Crippen LogP contribution >= 0.6 is 0 Å². The first-order valence-corrected chi connectivity index (χ1v) is 7.70. The number of hydrogen-bond acceptors (Lipinski definition) is 0. The van der Waals surface area contributed by atoms with E-state index in [9.17, 15) is 13.2 Å². The molecule has 0 bridgehead atoms. The van der Waals surface area contributed by atoms with Gasteiger partial charge in [-0.2, -0.15) is 0 Å². The second-order valence-corrected chi connectivity index (χ2v) is 7.01. The fraction of sp³-hybridized carbons (Fsp3) is 0.400. The molecule has 0 unspecified atom stereocenters. The third kappa shape index (κ3) is 4.35. The van der Waals surface area contributed by atoms with Crippen LogP contribution in [0.2, 0.25) is 4.44 Å². The van der Waals surface area contributed by atoms with Gasteiger partial charge in [-0.25, -0.2) is 0 Å². The molecule has 0 spiro atoms. The van der Waals surface area contributed by atoms with Crippen LogP contribution in [0.1, 0.15) is 11.1 Å². The van der Waals surface area contributed by atoms with Gasteiger partial charge in [0.1, 0.15) is 0 Å². The van der Waals surface area contributed by atoms with E-state index in [4.69, 9.17) is 0 Å². The average molecular weight is 307 g/mol. The Morgan fingerprint density at radius 1 is 1.07 bits per heavy atom. The van der Waals surface area contributed by atoms with Gasteiger partial charge in [-0.3, -0.25) is 0 Å². The van der Waals surface area contributed by atoms with Crippen molar-refractivity contribution in [1.82, 2.24) is 0 Å². The van der Waals surface area contributed by atoms with E-state index in [-0.39, 0.29) is 0 Å². The first-order valence-electron chi connectivity index (χ1n) is 4.26. The van der Waals surface area contributed by atoms with Gasteiger partial charge in [-0.15, -0.1) is 0 Å². The molecule has 0 N–H and O–H groups in total. The summed E-state index contributed by atoms with van der Waals surface area (Å²) in [6, 6.07) is 5.74. The number of aryl methyl sites for hydroxylation is 2. The molecule has 0 amide bonds. The van der Waals surface area contributed by atoms with E-state index in [0.29, 0.717) is 0 Å². The standard InChI is InChI=1S/C8H9.C2H2F3.Sn/c1-7-4-3-5-8(2)6-7;1-2(3,4)5;/h4-6H,1-2H3;1H2;. The van der Waals surface area contributed by atoms with Crippen LogP contribution in [0.5, 0.6) is 0 Å². The van der Waals surface area contributed by atoms with Gasteiger partial charge in [-0.1, -0.05) is 0 Å². The van der Waals surface area contributed by atoms with Crippen LogP contribution in [0.3, 0.4) is 0 Å². The molecule has 0 saturated heterocycles. The third-order valence-corrected chi connectivity index (χ3v) is 5.35. The summed E-state index contributed by atoms with van der Waals surface area (Å²) >= 11 is -1.47. The van der Waals surface area contributed by atoms with Crippen molar-refractivity contribution < 1.29 is 13.2 Å². The molecule has 1 aromatic carbocycles. The Kier molecular flexibility index (Phi) is 3.86. The molecule has 0 atom stereocenters. The monoisotopic (exact) mass is 308 g/mol. The number of rotatable bonds is 2. The van der Waals surface area contributed by atoms with E-state index < -0.39 is 31.8 Å². The van der Waals surface area contributed by atoms with E-state index in [1.54, 1.807) is 0 Å². The van der Waals surface area contributed by atoms with Crippen molar-refractivity contribution >= 4 is 24.7 Å². The molecule has 76 valence electrons. The molecule has 0 saturated carbocycles. The Labute approximate surface area is 91.7 Å². The number of benzene rings is 1. The summed E-state index contributed by atoms with van der Waals surface area (Å²) in [6.45, 7) is 3.84.